The summed E-state index contributed by atoms with van der Waals surface area (Å²) in [5, 5.41) is 2.48. The molecule has 6 heteroatoms. The minimum absolute atomic E-state index is 0. The van der Waals surface area contributed by atoms with Crippen LogP contribution in [-0.2, 0) is 23.9 Å². The highest BCUT2D eigenvalue weighted by Gasteiger charge is 2.27. The van der Waals surface area contributed by atoms with Gasteiger partial charge in [-0.25, -0.2) is 4.79 Å². The SMILES string of the molecule is C.C.C.C=C(C)C(=O)OCCNC(=O)COC(=O)C(C)(C)CC. The maximum atomic E-state index is 11.6. The van der Waals surface area contributed by atoms with Gasteiger partial charge in [0.05, 0.1) is 12.0 Å². The van der Waals surface area contributed by atoms with Gasteiger partial charge in [-0.15, -0.1) is 0 Å². The molecule has 0 atom stereocenters. The molecule has 0 aromatic heterocycles. The van der Waals surface area contributed by atoms with E-state index in [1.165, 1.54) is 6.92 Å². The normalized spacial score (nSPS) is 9.22. The van der Waals surface area contributed by atoms with Crippen LogP contribution in [0.25, 0.3) is 0 Å². The Morgan fingerprint density at radius 3 is 2.04 bits per heavy atom. The summed E-state index contributed by atoms with van der Waals surface area (Å²) in [5.74, 6) is -1.35. The predicted molar refractivity (Wildman–Crippen MR) is 94.0 cm³/mol. The first-order valence-electron chi connectivity index (χ1n) is 6.47. The highest BCUT2D eigenvalue weighted by atomic mass is 16.5. The summed E-state index contributed by atoms with van der Waals surface area (Å²) in [6.45, 7) is 10.2. The second-order valence-electron chi connectivity index (χ2n) is 5.08. The lowest BCUT2D eigenvalue weighted by Crippen LogP contribution is -2.34. The van der Waals surface area contributed by atoms with E-state index >= 15 is 0 Å². The average molecular weight is 333 g/mol. The van der Waals surface area contributed by atoms with Gasteiger partial charge in [0.1, 0.15) is 6.61 Å². The van der Waals surface area contributed by atoms with Crippen LogP contribution in [0.4, 0.5) is 0 Å². The Hall–Kier alpha value is -1.85. The number of ether oxygens (including phenoxy) is 2. The molecule has 0 unspecified atom stereocenters. The van der Waals surface area contributed by atoms with Crippen LogP contribution in [0.2, 0.25) is 0 Å². The van der Waals surface area contributed by atoms with Crippen molar-refractivity contribution in [1.29, 1.82) is 0 Å². The first kappa shape index (κ1) is 29.2. The van der Waals surface area contributed by atoms with Gasteiger partial charge in [-0.1, -0.05) is 35.8 Å². The molecule has 0 aliphatic carbocycles. The summed E-state index contributed by atoms with van der Waals surface area (Å²) in [7, 11) is 0. The highest BCUT2D eigenvalue weighted by Crippen LogP contribution is 2.21. The Bertz CT molecular complexity index is 388. The third-order valence-electron chi connectivity index (χ3n) is 2.78. The van der Waals surface area contributed by atoms with E-state index < -0.39 is 23.3 Å². The molecule has 0 aromatic carbocycles. The number of carbonyl (C=O) groups is 3. The molecule has 0 saturated heterocycles. The first-order valence-corrected chi connectivity index (χ1v) is 6.47. The molecular weight excluding hydrogens is 298 g/mol. The topological polar surface area (TPSA) is 81.7 Å². The molecule has 0 spiro atoms. The number of amides is 1. The Labute approximate surface area is 141 Å². The van der Waals surface area contributed by atoms with Crippen LogP contribution in [0.3, 0.4) is 0 Å². The highest BCUT2D eigenvalue weighted by molar-refractivity contribution is 5.87. The van der Waals surface area contributed by atoms with Gasteiger partial charge in [-0.05, 0) is 27.2 Å². The van der Waals surface area contributed by atoms with Crippen LogP contribution >= 0.6 is 0 Å². The molecule has 6 nitrogen and oxygen atoms in total. The molecule has 0 aromatic rings. The summed E-state index contributed by atoms with van der Waals surface area (Å²) >= 11 is 0. The molecule has 0 radical (unpaired) electrons. The van der Waals surface area contributed by atoms with Gasteiger partial charge < -0.3 is 14.8 Å². The van der Waals surface area contributed by atoms with E-state index in [1.54, 1.807) is 13.8 Å². The lowest BCUT2D eigenvalue weighted by atomic mass is 9.91. The van der Waals surface area contributed by atoms with Crippen molar-refractivity contribution in [2.75, 3.05) is 19.8 Å². The molecule has 0 rings (SSSR count). The number of rotatable bonds is 8. The van der Waals surface area contributed by atoms with Gasteiger partial charge in [-0.3, -0.25) is 9.59 Å². The Morgan fingerprint density at radius 1 is 1.09 bits per heavy atom. The van der Waals surface area contributed by atoms with E-state index in [0.717, 1.165) is 0 Å². The molecule has 138 valence electrons. The molecule has 23 heavy (non-hydrogen) atoms. The monoisotopic (exact) mass is 333 g/mol. The largest absolute Gasteiger partial charge is 0.460 e. The summed E-state index contributed by atoms with van der Waals surface area (Å²) in [4.78, 5) is 34.1. The number of nitrogens with one attached hydrogen (secondary N) is 1. The Morgan fingerprint density at radius 2 is 1.61 bits per heavy atom. The molecule has 0 aliphatic rings. The second kappa shape index (κ2) is 13.8. The van der Waals surface area contributed by atoms with Crippen molar-refractivity contribution in [2.45, 2.75) is 56.4 Å². The van der Waals surface area contributed by atoms with Gasteiger partial charge in [-0.2, -0.15) is 0 Å². The quantitative estimate of drug-likeness (QED) is 0.419. The fourth-order valence-electron chi connectivity index (χ4n) is 0.979. The van der Waals surface area contributed by atoms with E-state index in [2.05, 4.69) is 11.9 Å². The zero-order valence-corrected chi connectivity index (χ0v) is 12.6. The number of esters is 2. The summed E-state index contributed by atoms with van der Waals surface area (Å²) < 4.78 is 9.69. The van der Waals surface area contributed by atoms with E-state index in [9.17, 15) is 14.4 Å². The lowest BCUT2D eigenvalue weighted by Gasteiger charge is -2.19. The van der Waals surface area contributed by atoms with Crippen LogP contribution in [0.15, 0.2) is 12.2 Å². The van der Waals surface area contributed by atoms with Crippen LogP contribution in [0.5, 0.6) is 0 Å². The molecule has 1 amide bonds. The minimum Gasteiger partial charge on any atom is -0.460 e. The first-order chi connectivity index (χ1) is 9.20. The zero-order chi connectivity index (χ0) is 15.8. The fourth-order valence-corrected chi connectivity index (χ4v) is 0.979. The summed E-state index contributed by atoms with van der Waals surface area (Å²) in [6.07, 6.45) is 0.629. The summed E-state index contributed by atoms with van der Waals surface area (Å²) in [6, 6.07) is 0. The van der Waals surface area contributed by atoms with Gasteiger partial charge in [0.15, 0.2) is 6.61 Å². The number of carbonyl (C=O) groups excluding carboxylic acids is 3. The zero-order valence-electron chi connectivity index (χ0n) is 12.6. The van der Waals surface area contributed by atoms with E-state index in [-0.39, 0.29) is 42.0 Å². The fraction of sp³-hybridized carbons (Fsp3) is 0.706. The van der Waals surface area contributed by atoms with E-state index in [0.29, 0.717) is 12.0 Å². The summed E-state index contributed by atoms with van der Waals surface area (Å²) in [5.41, 5.74) is -0.302. The van der Waals surface area contributed by atoms with Gasteiger partial charge in [0.2, 0.25) is 0 Å². The van der Waals surface area contributed by atoms with Crippen molar-refractivity contribution in [3.8, 4) is 0 Å². The van der Waals surface area contributed by atoms with Gasteiger partial charge in [0.25, 0.3) is 5.91 Å². The molecule has 0 saturated carbocycles. The molecule has 0 fully saturated rings. The smallest absolute Gasteiger partial charge is 0.333 e. The minimum atomic E-state index is -0.600. The second-order valence-corrected chi connectivity index (χ2v) is 5.08. The molecule has 1 N–H and O–H groups in total. The molecule has 0 heterocycles. The Kier molecular flexibility index (Phi) is 17.5. The lowest BCUT2D eigenvalue weighted by molar-refractivity contribution is -0.157. The molecule has 0 aliphatic heterocycles. The third-order valence-corrected chi connectivity index (χ3v) is 2.78. The molecule has 0 bridgehead atoms. The van der Waals surface area contributed by atoms with Crippen molar-refractivity contribution in [1.82, 2.24) is 5.32 Å². The van der Waals surface area contributed by atoms with Crippen LogP contribution in [0, 0.1) is 5.41 Å². The number of hydrogen-bond acceptors (Lipinski definition) is 5. The van der Waals surface area contributed by atoms with Crippen LogP contribution in [0.1, 0.15) is 56.4 Å². The van der Waals surface area contributed by atoms with Crippen molar-refractivity contribution in [3.63, 3.8) is 0 Å². The molecular formula is C17H35NO5. The van der Waals surface area contributed by atoms with Crippen LogP contribution in [-0.4, -0.2) is 37.6 Å². The van der Waals surface area contributed by atoms with Crippen molar-refractivity contribution >= 4 is 17.8 Å². The van der Waals surface area contributed by atoms with Crippen molar-refractivity contribution < 1.29 is 23.9 Å². The van der Waals surface area contributed by atoms with Gasteiger partial charge in [0, 0.05) is 5.57 Å². The standard InChI is InChI=1S/C14H23NO5.3CH4/c1-6-14(4,5)13(18)20-9-11(16)15-7-8-19-12(17)10(2)3;;;/h2,6-9H2,1,3-5H3,(H,15,16);3*1H4. The van der Waals surface area contributed by atoms with Crippen molar-refractivity contribution in [3.05, 3.63) is 12.2 Å². The van der Waals surface area contributed by atoms with Crippen molar-refractivity contribution in [2.24, 2.45) is 5.41 Å². The van der Waals surface area contributed by atoms with Crippen LogP contribution < -0.4 is 5.32 Å². The van der Waals surface area contributed by atoms with E-state index in [1.807, 2.05) is 6.92 Å². The Balaban J connectivity index is -0.000000602. The third kappa shape index (κ3) is 12.4. The maximum absolute atomic E-state index is 11.6. The maximum Gasteiger partial charge on any atom is 0.333 e. The van der Waals surface area contributed by atoms with Gasteiger partial charge >= 0.3 is 11.9 Å². The number of hydrogen-bond donors (Lipinski definition) is 1. The average Bonchev–Trinajstić information content (AvgIpc) is 2.40. The van der Waals surface area contributed by atoms with E-state index in [4.69, 9.17) is 9.47 Å². The predicted octanol–water partition coefficient (Wildman–Crippen LogP) is 3.11.